The molecule has 1 aliphatic heterocycles. The van der Waals surface area contributed by atoms with Crippen LogP contribution in [0.4, 0.5) is 0 Å². The van der Waals surface area contributed by atoms with Gasteiger partial charge in [0.1, 0.15) is 0 Å². The van der Waals surface area contributed by atoms with Crippen LogP contribution < -0.4 is 10.6 Å². The lowest BCUT2D eigenvalue weighted by Crippen LogP contribution is -2.49. The van der Waals surface area contributed by atoms with E-state index in [0.29, 0.717) is 11.5 Å². The molecule has 0 aromatic rings. The largest absolute Gasteiger partial charge is 0.359 e. The maximum absolute atomic E-state index is 11.2. The highest BCUT2D eigenvalue weighted by Gasteiger charge is 2.28. The monoisotopic (exact) mass is 250 g/mol. The first-order valence-corrected chi connectivity index (χ1v) is 7.20. The Hall–Kier alpha value is -0.360. The van der Waals surface area contributed by atoms with Gasteiger partial charge in [-0.15, -0.1) is 0 Å². The Morgan fingerprint density at radius 1 is 1.40 bits per heavy atom. The van der Waals surface area contributed by atoms with E-state index >= 15 is 0 Å². The number of rotatable bonds is 1. The summed E-state index contributed by atoms with van der Waals surface area (Å²) in [5, 5.41) is 6.66. The van der Waals surface area contributed by atoms with E-state index in [4.69, 9.17) is 12.2 Å². The molecule has 0 aromatic carbocycles. The van der Waals surface area contributed by atoms with Gasteiger partial charge in [-0.1, -0.05) is 0 Å². The van der Waals surface area contributed by atoms with Crippen LogP contribution in [0.1, 0.15) is 27.2 Å². The molecule has 1 heterocycles. The summed E-state index contributed by atoms with van der Waals surface area (Å²) in [5.74, 6) is 0.460. The summed E-state index contributed by atoms with van der Waals surface area (Å²) in [4.78, 5) is 0. The first-order chi connectivity index (χ1) is 6.68. The number of hydrogen-bond acceptors (Lipinski definition) is 3. The van der Waals surface area contributed by atoms with Crippen LogP contribution in [0.2, 0.25) is 0 Å². The van der Waals surface area contributed by atoms with Crippen LogP contribution in [-0.4, -0.2) is 36.6 Å². The molecule has 1 fully saturated rings. The summed E-state index contributed by atoms with van der Waals surface area (Å²) in [5.41, 5.74) is -0.0957. The van der Waals surface area contributed by atoms with E-state index in [1.54, 1.807) is 0 Å². The fraction of sp³-hybridized carbons (Fsp3) is 0.889. The van der Waals surface area contributed by atoms with Gasteiger partial charge in [-0.3, -0.25) is 0 Å². The molecule has 88 valence electrons. The minimum atomic E-state index is -2.83. The topological polar surface area (TPSA) is 58.2 Å². The Morgan fingerprint density at radius 2 is 2.00 bits per heavy atom. The summed E-state index contributed by atoms with van der Waals surface area (Å²) in [6.07, 6.45) is 0.647. The molecule has 2 N–H and O–H groups in total. The summed E-state index contributed by atoms with van der Waals surface area (Å²) >= 11 is 5.10. The molecule has 1 saturated heterocycles. The molecule has 1 rings (SSSR count). The van der Waals surface area contributed by atoms with E-state index in [-0.39, 0.29) is 23.1 Å². The molecule has 0 aromatic heterocycles. The van der Waals surface area contributed by atoms with E-state index in [1.807, 2.05) is 20.8 Å². The zero-order valence-electron chi connectivity index (χ0n) is 9.33. The molecule has 0 radical (unpaired) electrons. The lowest BCUT2D eigenvalue weighted by Gasteiger charge is -2.24. The zero-order valence-corrected chi connectivity index (χ0v) is 11.0. The highest BCUT2D eigenvalue weighted by molar-refractivity contribution is 7.91. The first-order valence-electron chi connectivity index (χ1n) is 4.97. The predicted octanol–water partition coefficient (Wildman–Crippen LogP) is 0.436. The maximum atomic E-state index is 11.2. The molecule has 15 heavy (non-hydrogen) atoms. The molecule has 0 aliphatic carbocycles. The minimum absolute atomic E-state index is 0.0302. The zero-order chi connectivity index (χ0) is 11.7. The SMILES string of the molecule is CC(C)(C)NC(=S)NC1CCS(=O)(=O)C1. The lowest BCUT2D eigenvalue weighted by atomic mass is 10.1. The van der Waals surface area contributed by atoms with Gasteiger partial charge in [-0.05, 0) is 39.4 Å². The van der Waals surface area contributed by atoms with E-state index < -0.39 is 9.84 Å². The third kappa shape index (κ3) is 4.79. The molecular formula is C9H18N2O2S2. The summed E-state index contributed by atoms with van der Waals surface area (Å²) < 4.78 is 22.4. The van der Waals surface area contributed by atoms with Crippen molar-refractivity contribution in [3.8, 4) is 0 Å². The summed E-state index contributed by atoms with van der Waals surface area (Å²) in [6, 6.07) is -0.0302. The molecule has 0 spiro atoms. The molecule has 0 amide bonds. The van der Waals surface area contributed by atoms with Crippen molar-refractivity contribution in [2.75, 3.05) is 11.5 Å². The van der Waals surface area contributed by atoms with Gasteiger partial charge in [0.05, 0.1) is 11.5 Å². The third-order valence-electron chi connectivity index (χ3n) is 2.06. The molecule has 1 atom stereocenters. The van der Waals surface area contributed by atoms with Crippen molar-refractivity contribution in [3.05, 3.63) is 0 Å². The van der Waals surface area contributed by atoms with Gasteiger partial charge < -0.3 is 10.6 Å². The van der Waals surface area contributed by atoms with Gasteiger partial charge in [0.2, 0.25) is 0 Å². The van der Waals surface area contributed by atoms with Gasteiger partial charge >= 0.3 is 0 Å². The van der Waals surface area contributed by atoms with Crippen molar-refractivity contribution in [1.82, 2.24) is 10.6 Å². The van der Waals surface area contributed by atoms with Crippen molar-refractivity contribution in [1.29, 1.82) is 0 Å². The van der Waals surface area contributed by atoms with Crippen LogP contribution in [0.3, 0.4) is 0 Å². The fourth-order valence-electron chi connectivity index (χ4n) is 1.47. The quantitative estimate of drug-likeness (QED) is 0.661. The minimum Gasteiger partial charge on any atom is -0.359 e. The van der Waals surface area contributed by atoms with E-state index in [9.17, 15) is 8.42 Å². The Kier molecular flexibility index (Phi) is 3.60. The number of hydrogen-bond donors (Lipinski definition) is 2. The van der Waals surface area contributed by atoms with Crippen LogP contribution in [-0.2, 0) is 9.84 Å². The van der Waals surface area contributed by atoms with Gasteiger partial charge in [0.15, 0.2) is 14.9 Å². The molecule has 0 bridgehead atoms. The maximum Gasteiger partial charge on any atom is 0.166 e. The average molecular weight is 250 g/mol. The van der Waals surface area contributed by atoms with Crippen LogP contribution >= 0.6 is 12.2 Å². The molecule has 4 nitrogen and oxygen atoms in total. The van der Waals surface area contributed by atoms with Crippen molar-refractivity contribution in [2.24, 2.45) is 0 Å². The van der Waals surface area contributed by atoms with Gasteiger partial charge in [-0.25, -0.2) is 8.42 Å². The molecule has 1 unspecified atom stereocenters. The Labute approximate surface area is 96.7 Å². The summed E-state index contributed by atoms with van der Waals surface area (Å²) in [7, 11) is -2.83. The molecule has 1 aliphatic rings. The van der Waals surface area contributed by atoms with E-state index in [1.165, 1.54) is 0 Å². The molecule has 6 heteroatoms. The van der Waals surface area contributed by atoms with Crippen LogP contribution in [0.5, 0.6) is 0 Å². The molecular weight excluding hydrogens is 232 g/mol. The van der Waals surface area contributed by atoms with Crippen molar-refractivity contribution in [2.45, 2.75) is 38.8 Å². The van der Waals surface area contributed by atoms with Crippen molar-refractivity contribution in [3.63, 3.8) is 0 Å². The van der Waals surface area contributed by atoms with Crippen molar-refractivity contribution >= 4 is 27.2 Å². The number of sulfone groups is 1. The van der Waals surface area contributed by atoms with E-state index in [2.05, 4.69) is 10.6 Å². The average Bonchev–Trinajstić information content (AvgIpc) is 2.25. The predicted molar refractivity (Wildman–Crippen MR) is 65.7 cm³/mol. The molecule has 0 saturated carbocycles. The second-order valence-electron chi connectivity index (χ2n) is 4.95. The number of thiocarbonyl (C=S) groups is 1. The lowest BCUT2D eigenvalue weighted by molar-refractivity contribution is 0.501. The van der Waals surface area contributed by atoms with Crippen molar-refractivity contribution < 1.29 is 8.42 Å². The van der Waals surface area contributed by atoms with Crippen LogP contribution in [0, 0.1) is 0 Å². The first kappa shape index (κ1) is 12.7. The second kappa shape index (κ2) is 4.25. The fourth-order valence-corrected chi connectivity index (χ4v) is 3.62. The highest BCUT2D eigenvalue weighted by Crippen LogP contribution is 2.11. The smallest absolute Gasteiger partial charge is 0.166 e. The Morgan fingerprint density at radius 3 is 2.40 bits per heavy atom. The van der Waals surface area contributed by atoms with Crippen LogP contribution in [0.25, 0.3) is 0 Å². The standard InChI is InChI=1S/C9H18N2O2S2/c1-9(2,3)11-8(14)10-7-4-5-15(12,13)6-7/h7H,4-6H2,1-3H3,(H2,10,11,14). The Bertz CT molecular complexity index is 344. The van der Waals surface area contributed by atoms with E-state index in [0.717, 1.165) is 0 Å². The Balaban J connectivity index is 2.41. The number of nitrogens with one attached hydrogen (secondary N) is 2. The van der Waals surface area contributed by atoms with Crippen LogP contribution in [0.15, 0.2) is 0 Å². The normalized spacial score (nSPS) is 24.9. The second-order valence-corrected chi connectivity index (χ2v) is 7.59. The highest BCUT2D eigenvalue weighted by atomic mass is 32.2. The third-order valence-corrected chi connectivity index (χ3v) is 4.04. The van der Waals surface area contributed by atoms with Gasteiger partial charge in [-0.2, -0.15) is 0 Å². The summed E-state index contributed by atoms with van der Waals surface area (Å²) in [6.45, 7) is 6.02. The van der Waals surface area contributed by atoms with Gasteiger partial charge in [0.25, 0.3) is 0 Å². The van der Waals surface area contributed by atoms with Gasteiger partial charge in [0, 0.05) is 11.6 Å².